The highest BCUT2D eigenvalue weighted by molar-refractivity contribution is 7.90. The summed E-state index contributed by atoms with van der Waals surface area (Å²) in [5.41, 5.74) is 0.232. The Labute approximate surface area is 124 Å². The highest BCUT2D eigenvalue weighted by atomic mass is 32.2. The molecule has 1 rings (SSSR count). The fourth-order valence-electron chi connectivity index (χ4n) is 1.57. The van der Waals surface area contributed by atoms with Crippen molar-refractivity contribution in [3.8, 4) is 0 Å². The predicted molar refractivity (Wildman–Crippen MR) is 77.7 cm³/mol. The molecular weight excluding hydrogens is 294 g/mol. The number of esters is 1. The molecule has 6 nitrogen and oxygen atoms in total. The zero-order valence-corrected chi connectivity index (χ0v) is 13.1. The third kappa shape index (κ3) is 5.95. The van der Waals surface area contributed by atoms with E-state index in [1.54, 1.807) is 13.8 Å². The van der Waals surface area contributed by atoms with E-state index in [0.717, 1.165) is 6.26 Å². The van der Waals surface area contributed by atoms with Gasteiger partial charge in [-0.1, -0.05) is 6.07 Å². The molecule has 0 bridgehead atoms. The predicted octanol–water partition coefficient (Wildman–Crippen LogP) is 1.16. The summed E-state index contributed by atoms with van der Waals surface area (Å²) in [7, 11) is -3.36. The van der Waals surface area contributed by atoms with E-state index in [1.807, 2.05) is 0 Å². The Bertz CT molecular complexity index is 622. The van der Waals surface area contributed by atoms with E-state index >= 15 is 0 Å². The van der Waals surface area contributed by atoms with Crippen molar-refractivity contribution in [1.29, 1.82) is 0 Å². The van der Waals surface area contributed by atoms with E-state index in [2.05, 4.69) is 5.32 Å². The Morgan fingerprint density at radius 1 is 1.29 bits per heavy atom. The molecule has 0 saturated heterocycles. The van der Waals surface area contributed by atoms with Gasteiger partial charge in [0, 0.05) is 18.4 Å². The minimum Gasteiger partial charge on any atom is -0.463 e. The van der Waals surface area contributed by atoms with Crippen LogP contribution in [0.5, 0.6) is 0 Å². The van der Waals surface area contributed by atoms with Gasteiger partial charge in [-0.15, -0.1) is 0 Å². The van der Waals surface area contributed by atoms with Gasteiger partial charge in [0.1, 0.15) is 0 Å². The maximum absolute atomic E-state index is 11.9. The maximum Gasteiger partial charge on any atom is 0.307 e. The molecular formula is C14H19NO5S. The third-order valence-electron chi connectivity index (χ3n) is 2.51. The first-order valence-electron chi connectivity index (χ1n) is 6.48. The van der Waals surface area contributed by atoms with Gasteiger partial charge in [-0.3, -0.25) is 9.59 Å². The summed E-state index contributed by atoms with van der Waals surface area (Å²) in [4.78, 5) is 23.3. The van der Waals surface area contributed by atoms with Crippen LogP contribution in [-0.4, -0.2) is 39.2 Å². The standard InChI is InChI=1S/C14H19NO5S/c1-10(2)20-13(16)7-8-15-14(17)11-5-4-6-12(9-11)21(3,18)19/h4-6,9-10H,7-8H2,1-3H3,(H,15,17). The molecule has 0 unspecified atom stereocenters. The number of carbonyl (C=O) groups is 2. The average Bonchev–Trinajstić information content (AvgIpc) is 2.37. The quantitative estimate of drug-likeness (QED) is 0.796. The van der Waals surface area contributed by atoms with Crippen molar-refractivity contribution in [3.05, 3.63) is 29.8 Å². The van der Waals surface area contributed by atoms with Gasteiger partial charge in [-0.05, 0) is 32.0 Å². The molecule has 116 valence electrons. The van der Waals surface area contributed by atoms with Crippen molar-refractivity contribution in [1.82, 2.24) is 5.32 Å². The van der Waals surface area contributed by atoms with Gasteiger partial charge in [-0.2, -0.15) is 0 Å². The second-order valence-corrected chi connectivity index (χ2v) is 6.86. The van der Waals surface area contributed by atoms with E-state index in [1.165, 1.54) is 24.3 Å². The second-order valence-electron chi connectivity index (χ2n) is 4.84. The van der Waals surface area contributed by atoms with Crippen LogP contribution in [0.3, 0.4) is 0 Å². The SMILES string of the molecule is CC(C)OC(=O)CCNC(=O)c1cccc(S(C)(=O)=O)c1. The van der Waals surface area contributed by atoms with Gasteiger partial charge in [0.15, 0.2) is 9.84 Å². The Morgan fingerprint density at radius 3 is 2.52 bits per heavy atom. The summed E-state index contributed by atoms with van der Waals surface area (Å²) >= 11 is 0. The largest absolute Gasteiger partial charge is 0.463 e. The summed E-state index contributed by atoms with van der Waals surface area (Å²) in [5, 5.41) is 2.55. The summed E-state index contributed by atoms with van der Waals surface area (Å²) in [6.07, 6.45) is 0.946. The summed E-state index contributed by atoms with van der Waals surface area (Å²) in [5.74, 6) is -0.826. The van der Waals surface area contributed by atoms with Crippen LogP contribution in [0.4, 0.5) is 0 Å². The first-order valence-corrected chi connectivity index (χ1v) is 8.37. The smallest absolute Gasteiger partial charge is 0.307 e. The van der Waals surface area contributed by atoms with Gasteiger partial charge in [-0.25, -0.2) is 8.42 Å². The topological polar surface area (TPSA) is 89.5 Å². The lowest BCUT2D eigenvalue weighted by Gasteiger charge is -2.09. The molecule has 1 N–H and O–H groups in total. The zero-order chi connectivity index (χ0) is 16.0. The first kappa shape index (κ1) is 17.2. The van der Waals surface area contributed by atoms with Crippen molar-refractivity contribution in [2.75, 3.05) is 12.8 Å². The van der Waals surface area contributed by atoms with Gasteiger partial charge >= 0.3 is 5.97 Å². The van der Waals surface area contributed by atoms with Gasteiger partial charge in [0.2, 0.25) is 0 Å². The lowest BCUT2D eigenvalue weighted by molar-refractivity contribution is -0.147. The van der Waals surface area contributed by atoms with Crippen LogP contribution in [-0.2, 0) is 19.4 Å². The Balaban J connectivity index is 2.59. The Hall–Kier alpha value is -1.89. The monoisotopic (exact) mass is 313 g/mol. The highest BCUT2D eigenvalue weighted by Gasteiger charge is 2.12. The van der Waals surface area contributed by atoms with E-state index in [-0.39, 0.29) is 29.5 Å². The van der Waals surface area contributed by atoms with Crippen molar-refractivity contribution in [2.24, 2.45) is 0 Å². The minimum absolute atomic E-state index is 0.0652. The molecule has 0 aromatic heterocycles. The molecule has 1 aromatic carbocycles. The fraction of sp³-hybridized carbons (Fsp3) is 0.429. The molecule has 1 amide bonds. The summed E-state index contributed by atoms with van der Waals surface area (Å²) < 4.78 is 27.8. The van der Waals surface area contributed by atoms with Crippen molar-refractivity contribution in [3.63, 3.8) is 0 Å². The lowest BCUT2D eigenvalue weighted by Crippen LogP contribution is -2.27. The number of amides is 1. The molecule has 0 fully saturated rings. The van der Waals surface area contributed by atoms with E-state index < -0.39 is 21.7 Å². The van der Waals surface area contributed by atoms with Gasteiger partial charge in [0.05, 0.1) is 17.4 Å². The number of rotatable bonds is 6. The van der Waals surface area contributed by atoms with Crippen LogP contribution in [0.25, 0.3) is 0 Å². The molecule has 0 radical (unpaired) electrons. The fourth-order valence-corrected chi connectivity index (χ4v) is 2.24. The average molecular weight is 313 g/mol. The number of carbonyl (C=O) groups excluding carboxylic acids is 2. The molecule has 0 saturated carbocycles. The first-order chi connectivity index (χ1) is 9.70. The highest BCUT2D eigenvalue weighted by Crippen LogP contribution is 2.11. The van der Waals surface area contributed by atoms with Crippen molar-refractivity contribution < 1.29 is 22.7 Å². The molecule has 0 atom stereocenters. The minimum atomic E-state index is -3.36. The number of ether oxygens (including phenoxy) is 1. The molecule has 0 aliphatic heterocycles. The second kappa shape index (κ2) is 7.21. The van der Waals surface area contributed by atoms with Crippen LogP contribution in [0.15, 0.2) is 29.2 Å². The van der Waals surface area contributed by atoms with E-state index in [0.29, 0.717) is 0 Å². The number of nitrogens with one attached hydrogen (secondary N) is 1. The molecule has 0 aliphatic carbocycles. The number of hydrogen-bond acceptors (Lipinski definition) is 5. The van der Waals surface area contributed by atoms with Crippen LogP contribution in [0.2, 0.25) is 0 Å². The van der Waals surface area contributed by atoms with Crippen LogP contribution in [0, 0.1) is 0 Å². The lowest BCUT2D eigenvalue weighted by atomic mass is 10.2. The zero-order valence-electron chi connectivity index (χ0n) is 12.3. The van der Waals surface area contributed by atoms with Crippen LogP contribution >= 0.6 is 0 Å². The van der Waals surface area contributed by atoms with Crippen molar-refractivity contribution >= 4 is 21.7 Å². The molecule has 0 heterocycles. The number of benzene rings is 1. The van der Waals surface area contributed by atoms with Crippen LogP contribution in [0.1, 0.15) is 30.6 Å². The summed E-state index contributed by atoms with van der Waals surface area (Å²) in [6.45, 7) is 3.62. The summed E-state index contributed by atoms with van der Waals surface area (Å²) in [6, 6.07) is 5.73. The molecule has 21 heavy (non-hydrogen) atoms. The van der Waals surface area contributed by atoms with Gasteiger partial charge < -0.3 is 10.1 Å². The number of hydrogen-bond donors (Lipinski definition) is 1. The molecule has 0 aliphatic rings. The Morgan fingerprint density at radius 2 is 1.95 bits per heavy atom. The molecule has 0 spiro atoms. The maximum atomic E-state index is 11.9. The third-order valence-corrected chi connectivity index (χ3v) is 3.62. The normalized spacial score (nSPS) is 11.2. The Kier molecular flexibility index (Phi) is 5.90. The van der Waals surface area contributed by atoms with Gasteiger partial charge in [0.25, 0.3) is 5.91 Å². The molecule has 1 aromatic rings. The number of sulfone groups is 1. The van der Waals surface area contributed by atoms with Crippen molar-refractivity contribution in [2.45, 2.75) is 31.3 Å². The van der Waals surface area contributed by atoms with E-state index in [9.17, 15) is 18.0 Å². The van der Waals surface area contributed by atoms with E-state index in [4.69, 9.17) is 4.74 Å². The molecule has 7 heteroatoms. The van der Waals surface area contributed by atoms with Crippen LogP contribution < -0.4 is 5.32 Å².